The Labute approximate surface area is 119 Å². The van der Waals surface area contributed by atoms with Crippen LogP contribution in [-0.4, -0.2) is 20.4 Å². The van der Waals surface area contributed by atoms with Crippen LogP contribution in [0.4, 0.5) is 0 Å². The molecule has 1 atom stereocenters. The summed E-state index contributed by atoms with van der Waals surface area (Å²) in [4.78, 5) is 19.8. The quantitative estimate of drug-likeness (QED) is 0.850. The van der Waals surface area contributed by atoms with E-state index in [2.05, 4.69) is 29.1 Å². The Hall–Kier alpha value is -2.04. The fraction of sp³-hybridized carbons (Fsp3) is 0.467. The van der Waals surface area contributed by atoms with E-state index in [-0.39, 0.29) is 11.9 Å². The monoisotopic (exact) mass is 274 g/mol. The first kappa shape index (κ1) is 14.4. The smallest absolute Gasteiger partial charge is 0.268 e. The molecule has 1 amide bonds. The van der Waals surface area contributed by atoms with Crippen LogP contribution in [0.25, 0.3) is 0 Å². The van der Waals surface area contributed by atoms with Crippen LogP contribution < -0.4 is 5.32 Å². The third-order valence-electron chi connectivity index (χ3n) is 3.42. The molecule has 0 saturated heterocycles. The molecule has 0 bridgehead atoms. The van der Waals surface area contributed by atoms with E-state index in [0.717, 1.165) is 30.8 Å². The highest BCUT2D eigenvalue weighted by molar-refractivity contribution is 5.92. The summed E-state index contributed by atoms with van der Waals surface area (Å²) in [6.45, 7) is 4.16. The fourth-order valence-electron chi connectivity index (χ4n) is 2.28. The molecule has 0 aliphatic heterocycles. The van der Waals surface area contributed by atoms with Crippen LogP contribution >= 0.6 is 0 Å². The minimum Gasteiger partial charge on any atom is -0.354 e. The molecule has 0 aliphatic carbocycles. The van der Waals surface area contributed by atoms with E-state index in [4.69, 9.17) is 0 Å². The van der Waals surface area contributed by atoms with Crippen molar-refractivity contribution >= 4 is 5.91 Å². The summed E-state index contributed by atoms with van der Waals surface area (Å²) in [5.74, 6) is 0.814. The normalized spacial score (nSPS) is 12.3. The minimum atomic E-state index is -0.0776. The van der Waals surface area contributed by atoms with Crippen molar-refractivity contribution < 1.29 is 4.79 Å². The highest BCUT2D eigenvalue weighted by atomic mass is 16.1. The van der Waals surface area contributed by atoms with E-state index in [1.165, 1.54) is 0 Å². The molecular weight excluding hydrogens is 252 g/mol. The van der Waals surface area contributed by atoms with Crippen LogP contribution in [0.2, 0.25) is 0 Å². The molecule has 0 radical (unpaired) electrons. The maximum absolute atomic E-state index is 12.3. The molecule has 0 aliphatic rings. The maximum atomic E-state index is 12.3. The molecule has 0 spiro atoms. The molecule has 0 saturated carbocycles. The van der Waals surface area contributed by atoms with Crippen LogP contribution in [0.15, 0.2) is 24.5 Å². The molecule has 108 valence electrons. The van der Waals surface area contributed by atoms with Gasteiger partial charge in [-0.05, 0) is 25.0 Å². The highest BCUT2D eigenvalue weighted by Crippen LogP contribution is 2.17. The summed E-state index contributed by atoms with van der Waals surface area (Å²) in [5.41, 5.74) is 1.68. The number of carbonyl (C=O) groups excluding carboxylic acids is 1. The largest absolute Gasteiger partial charge is 0.354 e. The Morgan fingerprint density at radius 3 is 2.80 bits per heavy atom. The van der Waals surface area contributed by atoms with Gasteiger partial charge in [0.05, 0.1) is 6.04 Å². The van der Waals surface area contributed by atoms with E-state index in [0.29, 0.717) is 5.69 Å². The van der Waals surface area contributed by atoms with Gasteiger partial charge < -0.3 is 14.9 Å². The number of H-pyrrole nitrogens is 1. The van der Waals surface area contributed by atoms with Crippen LogP contribution in [-0.2, 0) is 13.5 Å². The van der Waals surface area contributed by atoms with Crippen molar-refractivity contribution in [2.24, 2.45) is 7.05 Å². The topological polar surface area (TPSA) is 62.7 Å². The SMILES string of the molecule is CCC[C@H](NC(=O)c1ccc(CC)[nH]1)c1nccn1C. The molecule has 20 heavy (non-hydrogen) atoms. The van der Waals surface area contributed by atoms with Gasteiger partial charge in [0.1, 0.15) is 11.5 Å². The zero-order chi connectivity index (χ0) is 14.5. The summed E-state index contributed by atoms with van der Waals surface area (Å²) in [5, 5.41) is 3.06. The third kappa shape index (κ3) is 3.10. The van der Waals surface area contributed by atoms with Crippen molar-refractivity contribution in [3.05, 3.63) is 41.7 Å². The minimum absolute atomic E-state index is 0.0547. The van der Waals surface area contributed by atoms with Gasteiger partial charge in [0.2, 0.25) is 0 Å². The molecule has 5 nitrogen and oxygen atoms in total. The first-order valence-electron chi connectivity index (χ1n) is 7.11. The lowest BCUT2D eigenvalue weighted by Crippen LogP contribution is -2.30. The van der Waals surface area contributed by atoms with Gasteiger partial charge in [0.15, 0.2) is 0 Å². The van der Waals surface area contributed by atoms with Crippen molar-refractivity contribution in [2.45, 2.75) is 39.2 Å². The number of hydrogen-bond acceptors (Lipinski definition) is 2. The number of nitrogens with zero attached hydrogens (tertiary/aromatic N) is 2. The summed E-state index contributed by atoms with van der Waals surface area (Å²) >= 11 is 0. The highest BCUT2D eigenvalue weighted by Gasteiger charge is 2.19. The number of aromatic nitrogens is 3. The number of rotatable bonds is 6. The average molecular weight is 274 g/mol. The molecule has 2 aromatic heterocycles. The second-order valence-electron chi connectivity index (χ2n) is 4.96. The van der Waals surface area contributed by atoms with Gasteiger partial charge in [-0.25, -0.2) is 4.98 Å². The van der Waals surface area contributed by atoms with E-state index >= 15 is 0 Å². The summed E-state index contributed by atoms with van der Waals surface area (Å²) in [6, 6.07) is 3.72. The Bertz CT molecular complexity index is 570. The molecule has 2 rings (SSSR count). The van der Waals surface area contributed by atoms with Gasteiger partial charge in [-0.1, -0.05) is 20.3 Å². The second kappa shape index (κ2) is 6.41. The zero-order valence-corrected chi connectivity index (χ0v) is 12.3. The van der Waals surface area contributed by atoms with Crippen molar-refractivity contribution in [3.8, 4) is 0 Å². The van der Waals surface area contributed by atoms with Crippen molar-refractivity contribution in [2.75, 3.05) is 0 Å². The molecular formula is C15H22N4O. The Kier molecular flexibility index (Phi) is 4.61. The van der Waals surface area contributed by atoms with Crippen molar-refractivity contribution in [1.29, 1.82) is 0 Å². The van der Waals surface area contributed by atoms with Crippen LogP contribution in [0.5, 0.6) is 0 Å². The summed E-state index contributed by atoms with van der Waals surface area (Å²) < 4.78 is 1.95. The number of aromatic amines is 1. The van der Waals surface area contributed by atoms with Crippen LogP contribution in [0.1, 0.15) is 54.7 Å². The predicted octanol–water partition coefficient (Wildman–Crippen LogP) is 2.58. The van der Waals surface area contributed by atoms with E-state index in [1.807, 2.05) is 29.9 Å². The number of aryl methyl sites for hydroxylation is 2. The zero-order valence-electron chi connectivity index (χ0n) is 12.3. The Balaban J connectivity index is 2.12. The molecule has 0 unspecified atom stereocenters. The van der Waals surface area contributed by atoms with Gasteiger partial charge in [-0.15, -0.1) is 0 Å². The number of nitrogens with one attached hydrogen (secondary N) is 2. The van der Waals surface area contributed by atoms with Gasteiger partial charge in [0, 0.05) is 25.1 Å². The van der Waals surface area contributed by atoms with Gasteiger partial charge in [-0.2, -0.15) is 0 Å². The van der Waals surface area contributed by atoms with Gasteiger partial charge in [-0.3, -0.25) is 4.79 Å². The van der Waals surface area contributed by atoms with E-state index in [9.17, 15) is 4.79 Å². The van der Waals surface area contributed by atoms with Crippen LogP contribution in [0.3, 0.4) is 0 Å². The second-order valence-corrected chi connectivity index (χ2v) is 4.96. The van der Waals surface area contributed by atoms with Crippen molar-refractivity contribution in [1.82, 2.24) is 19.9 Å². The van der Waals surface area contributed by atoms with Crippen LogP contribution in [0, 0.1) is 0 Å². The lowest BCUT2D eigenvalue weighted by molar-refractivity contribution is 0.0927. The first-order chi connectivity index (χ1) is 9.65. The number of amides is 1. The van der Waals surface area contributed by atoms with E-state index in [1.54, 1.807) is 6.20 Å². The number of carbonyl (C=O) groups is 1. The summed E-state index contributed by atoms with van der Waals surface area (Å²) in [7, 11) is 1.95. The third-order valence-corrected chi connectivity index (χ3v) is 3.42. The van der Waals surface area contributed by atoms with E-state index < -0.39 is 0 Å². The number of hydrogen-bond donors (Lipinski definition) is 2. The molecule has 2 N–H and O–H groups in total. The molecule has 0 aromatic carbocycles. The lowest BCUT2D eigenvalue weighted by atomic mass is 10.1. The average Bonchev–Trinajstić information content (AvgIpc) is 3.06. The molecule has 2 heterocycles. The Morgan fingerprint density at radius 1 is 1.45 bits per heavy atom. The van der Waals surface area contributed by atoms with Gasteiger partial charge in [0.25, 0.3) is 5.91 Å². The fourth-order valence-corrected chi connectivity index (χ4v) is 2.28. The number of imidazole rings is 1. The summed E-state index contributed by atoms with van der Waals surface area (Å²) in [6.07, 6.45) is 6.41. The molecule has 5 heteroatoms. The van der Waals surface area contributed by atoms with Crippen molar-refractivity contribution in [3.63, 3.8) is 0 Å². The standard InChI is InChI=1S/C15H22N4O/c1-4-6-12(14-16-9-10-19(14)3)18-15(20)13-8-7-11(5-2)17-13/h7-10,12,17H,4-6H2,1-3H3,(H,18,20)/t12-/m0/s1. The van der Waals surface area contributed by atoms with Gasteiger partial charge >= 0.3 is 0 Å². The maximum Gasteiger partial charge on any atom is 0.268 e. The molecule has 2 aromatic rings. The Morgan fingerprint density at radius 2 is 2.25 bits per heavy atom. The first-order valence-corrected chi connectivity index (χ1v) is 7.11. The lowest BCUT2D eigenvalue weighted by Gasteiger charge is -2.17. The predicted molar refractivity (Wildman–Crippen MR) is 78.5 cm³/mol. The molecule has 0 fully saturated rings.